The molecule has 5 aromatic rings. The summed E-state index contributed by atoms with van der Waals surface area (Å²) in [5, 5.41) is 5.33. The molecule has 2 aromatic carbocycles. The maximum atomic E-state index is 13.9. The molecule has 18 nitrogen and oxygen atoms in total. The van der Waals surface area contributed by atoms with Gasteiger partial charge >= 0.3 is 12.2 Å². The molecule has 5 N–H and O–H groups in total. The smallest absolute Gasteiger partial charge is 0.407 e. The Morgan fingerprint density at radius 2 is 1.54 bits per heavy atom. The number of carbonyl (C=O) groups is 4. The van der Waals surface area contributed by atoms with E-state index in [9.17, 15) is 19.2 Å². The van der Waals surface area contributed by atoms with Crippen LogP contribution in [0.5, 0.6) is 5.75 Å². The molecular weight excluding hydrogens is 785 g/mol. The van der Waals surface area contributed by atoms with Gasteiger partial charge in [-0.25, -0.2) is 24.5 Å². The van der Waals surface area contributed by atoms with E-state index in [1.54, 1.807) is 28.4 Å². The molecule has 0 unspecified atom stereocenters. The van der Waals surface area contributed by atoms with Gasteiger partial charge in [0.2, 0.25) is 11.8 Å². The van der Waals surface area contributed by atoms with Gasteiger partial charge in [0, 0.05) is 43.6 Å². The molecule has 0 saturated carbocycles. The van der Waals surface area contributed by atoms with Crippen LogP contribution < -0.4 is 15.4 Å². The van der Waals surface area contributed by atoms with Gasteiger partial charge < -0.3 is 54.3 Å². The summed E-state index contributed by atoms with van der Waals surface area (Å²) in [7, 11) is 2.53. The fourth-order valence-electron chi connectivity index (χ4n) is 8.29. The number of aromatic nitrogens is 6. The van der Waals surface area contributed by atoms with Crippen LogP contribution in [0.3, 0.4) is 0 Å². The fraction of sp³-hybridized carbons (Fsp3) is 0.419. The van der Waals surface area contributed by atoms with Crippen molar-refractivity contribution in [3.8, 4) is 39.4 Å². The third-order valence-electron chi connectivity index (χ3n) is 11.5. The molecule has 4 atom stereocenters. The first-order chi connectivity index (χ1) is 29.8. The summed E-state index contributed by atoms with van der Waals surface area (Å²) in [6, 6.07) is 12.0. The number of nitrogens with one attached hydrogen (secondary N) is 5. The number of rotatable bonds is 8. The van der Waals surface area contributed by atoms with Gasteiger partial charge in [-0.15, -0.1) is 0 Å². The number of benzene rings is 2. The number of fused-ring (bicyclic) bond motifs is 6. The molecule has 2 saturated heterocycles. The maximum Gasteiger partial charge on any atom is 0.407 e. The molecule has 0 aliphatic carbocycles. The first-order valence-corrected chi connectivity index (χ1v) is 20.6. The lowest BCUT2D eigenvalue weighted by molar-refractivity contribution is -0.136. The summed E-state index contributed by atoms with van der Waals surface area (Å²) in [5.74, 6) is 1.59. The number of likely N-dealkylation sites (tertiary alicyclic amines) is 1. The zero-order valence-electron chi connectivity index (χ0n) is 34.1. The van der Waals surface area contributed by atoms with Gasteiger partial charge in [-0.05, 0) is 67.3 Å². The second-order valence-electron chi connectivity index (χ2n) is 15.3. The van der Waals surface area contributed by atoms with E-state index in [4.69, 9.17) is 28.9 Å². The predicted molar refractivity (Wildman–Crippen MR) is 221 cm³/mol. The summed E-state index contributed by atoms with van der Waals surface area (Å²) in [6.07, 6.45) is 10.1. The minimum absolute atomic E-state index is 0.0277. The highest BCUT2D eigenvalue weighted by molar-refractivity contribution is 5.87. The van der Waals surface area contributed by atoms with Crippen molar-refractivity contribution in [3.63, 3.8) is 0 Å². The second kappa shape index (κ2) is 18.7. The van der Waals surface area contributed by atoms with Crippen molar-refractivity contribution in [1.82, 2.24) is 50.3 Å². The standard InChI is InChI=1S/C43H50N10O8/c1-58-42(56)50-31(20-29-21-44-25-47-29)40(54)52-15-5-7-35(52)38-45-22-32(48-38)27-11-9-26(10-12-27)28-13-14-30-33-23-46-39(49-33)36-8-6-16-53(36)41(55)34(51-43(57)59-2)24-60-17-3-4-18-61-37(30)19-28/h9-14,19,21-23,25,31,34-36H,3-8,15-18,20,24H2,1-2H3,(H,44,47)(H,45,48)(H,46,49)(H,50,56)(H,51,57)/t31-,34-,35-,36-/m0/s1. The van der Waals surface area contributed by atoms with E-state index in [1.807, 2.05) is 30.3 Å². The SMILES string of the molecule is COC(=O)N[C@@H](Cc1cnc[nH]1)C(=O)N1CCC[C@H]1c1ncc(-c2ccc(-c3ccc4c(c3)OCCCCOC[C@H](NC(=O)OC)C(=O)N3CCC[C@H]3c3ncc-4[nH]3)cc2)[nH]1. The summed E-state index contributed by atoms with van der Waals surface area (Å²) in [6.45, 7) is 1.94. The van der Waals surface area contributed by atoms with Crippen LogP contribution in [-0.2, 0) is 30.2 Å². The van der Waals surface area contributed by atoms with Crippen LogP contribution in [0.25, 0.3) is 33.6 Å². The van der Waals surface area contributed by atoms with Crippen molar-refractivity contribution < 1.29 is 38.1 Å². The highest BCUT2D eigenvalue weighted by atomic mass is 16.5. The van der Waals surface area contributed by atoms with Gasteiger partial charge in [0.1, 0.15) is 29.5 Å². The van der Waals surface area contributed by atoms with Gasteiger partial charge in [-0.1, -0.05) is 30.3 Å². The van der Waals surface area contributed by atoms with Crippen molar-refractivity contribution in [2.75, 3.05) is 47.1 Å². The van der Waals surface area contributed by atoms with Crippen molar-refractivity contribution >= 4 is 24.0 Å². The summed E-state index contributed by atoms with van der Waals surface area (Å²) < 4.78 is 21.9. The van der Waals surface area contributed by atoms with Gasteiger partial charge in [0.05, 0.1) is 69.6 Å². The average molecular weight is 835 g/mol. The Hall–Kier alpha value is -6.69. The minimum Gasteiger partial charge on any atom is -0.493 e. The molecule has 3 aliphatic rings. The number of imidazole rings is 3. The number of nitrogens with zero attached hydrogens (tertiary/aromatic N) is 5. The number of hydrogen-bond donors (Lipinski definition) is 5. The molecule has 3 aromatic heterocycles. The molecule has 61 heavy (non-hydrogen) atoms. The topological polar surface area (TPSA) is 222 Å². The number of H-pyrrole nitrogens is 3. The quantitative estimate of drug-likeness (QED) is 0.139. The van der Waals surface area contributed by atoms with Crippen LogP contribution >= 0.6 is 0 Å². The molecule has 3 aliphatic heterocycles. The number of aromatic amines is 3. The Morgan fingerprint density at radius 1 is 0.836 bits per heavy atom. The number of alkyl carbamates (subject to hydrolysis) is 2. The molecule has 2 fully saturated rings. The summed E-state index contributed by atoms with van der Waals surface area (Å²) >= 11 is 0. The molecule has 0 radical (unpaired) electrons. The Balaban J connectivity index is 0.990. The van der Waals surface area contributed by atoms with Crippen molar-refractivity contribution in [2.24, 2.45) is 0 Å². The second-order valence-corrected chi connectivity index (χ2v) is 15.3. The van der Waals surface area contributed by atoms with E-state index in [-0.39, 0.29) is 36.9 Å². The van der Waals surface area contributed by atoms with E-state index in [2.05, 4.69) is 42.7 Å². The lowest BCUT2D eigenvalue weighted by Gasteiger charge is -2.28. The normalized spacial score (nSPS) is 20.0. The maximum absolute atomic E-state index is 13.9. The molecule has 6 heterocycles. The Bertz CT molecular complexity index is 2310. The van der Waals surface area contributed by atoms with Crippen LogP contribution in [0.1, 0.15) is 68.0 Å². The number of carbonyl (C=O) groups excluding carboxylic acids is 4. The third kappa shape index (κ3) is 9.23. The predicted octanol–water partition coefficient (Wildman–Crippen LogP) is 5.07. The third-order valence-corrected chi connectivity index (χ3v) is 11.5. The van der Waals surface area contributed by atoms with E-state index >= 15 is 0 Å². The molecule has 4 amide bonds. The summed E-state index contributed by atoms with van der Waals surface area (Å²) in [5.41, 5.74) is 6.05. The Kier molecular flexibility index (Phi) is 12.6. The van der Waals surface area contributed by atoms with Crippen molar-refractivity contribution in [1.29, 1.82) is 0 Å². The van der Waals surface area contributed by atoms with E-state index in [0.717, 1.165) is 65.0 Å². The summed E-state index contributed by atoms with van der Waals surface area (Å²) in [4.78, 5) is 78.8. The lowest BCUT2D eigenvalue weighted by Crippen LogP contribution is -2.50. The molecule has 18 heteroatoms. The van der Waals surface area contributed by atoms with E-state index in [0.29, 0.717) is 56.5 Å². The average Bonchev–Trinajstić information content (AvgIpc) is 4.14. The molecule has 2 bridgehead atoms. The lowest BCUT2D eigenvalue weighted by atomic mass is 10.00. The van der Waals surface area contributed by atoms with Gasteiger partial charge in [-0.2, -0.15) is 0 Å². The molecule has 320 valence electrons. The van der Waals surface area contributed by atoms with Crippen LogP contribution in [0, 0.1) is 0 Å². The van der Waals surface area contributed by atoms with Crippen LogP contribution in [0.4, 0.5) is 9.59 Å². The zero-order chi connectivity index (χ0) is 42.3. The van der Waals surface area contributed by atoms with Gasteiger partial charge in [0.25, 0.3) is 0 Å². The number of hydrogen-bond acceptors (Lipinski definition) is 11. The van der Waals surface area contributed by atoms with Gasteiger partial charge in [-0.3, -0.25) is 9.59 Å². The van der Waals surface area contributed by atoms with Crippen LogP contribution in [-0.4, -0.2) is 123 Å². The number of methoxy groups -OCH3 is 2. The molecule has 8 rings (SSSR count). The van der Waals surface area contributed by atoms with Crippen LogP contribution in [0.15, 0.2) is 67.4 Å². The van der Waals surface area contributed by atoms with Gasteiger partial charge in [0.15, 0.2) is 0 Å². The van der Waals surface area contributed by atoms with Crippen molar-refractivity contribution in [2.45, 2.75) is 69.1 Å². The van der Waals surface area contributed by atoms with Crippen LogP contribution in [0.2, 0.25) is 0 Å². The van der Waals surface area contributed by atoms with E-state index < -0.39 is 24.3 Å². The number of amides is 4. The highest BCUT2D eigenvalue weighted by Crippen LogP contribution is 2.38. The fourth-order valence-corrected chi connectivity index (χ4v) is 8.29. The monoisotopic (exact) mass is 834 g/mol. The zero-order valence-corrected chi connectivity index (χ0v) is 34.1. The largest absolute Gasteiger partial charge is 0.493 e. The highest BCUT2D eigenvalue weighted by Gasteiger charge is 2.38. The minimum atomic E-state index is -0.881. The number of ether oxygens (including phenoxy) is 4. The molecule has 0 spiro atoms. The Morgan fingerprint density at radius 3 is 2.33 bits per heavy atom. The Labute approximate surface area is 352 Å². The molecular formula is C43H50N10O8. The first kappa shape index (κ1) is 41.1. The first-order valence-electron chi connectivity index (χ1n) is 20.6. The van der Waals surface area contributed by atoms with E-state index in [1.165, 1.54) is 20.5 Å². The van der Waals surface area contributed by atoms with Crippen molar-refractivity contribution in [3.05, 3.63) is 84.7 Å².